The van der Waals surface area contributed by atoms with Crippen molar-refractivity contribution >= 4 is 7.82 Å². The van der Waals surface area contributed by atoms with E-state index in [1.165, 1.54) is 13.8 Å². The molecule has 1 aromatic rings. The monoisotopic (exact) mass is 362 g/mol. The number of rotatable bonds is 4. The van der Waals surface area contributed by atoms with E-state index >= 15 is 0 Å². The Morgan fingerprint density at radius 3 is 2.62 bits per heavy atom. The van der Waals surface area contributed by atoms with Gasteiger partial charge >= 0.3 is 32.4 Å². The van der Waals surface area contributed by atoms with Gasteiger partial charge in [0.25, 0.3) is 5.56 Å². The molecule has 10 nitrogen and oxygen atoms in total. The summed E-state index contributed by atoms with van der Waals surface area (Å²) in [6, 6.07) is 0. The molecule has 2 rings (SSSR count). The Bertz CT molecular complexity index is 765. The minimum absolute atomic E-state index is 0. The van der Waals surface area contributed by atoms with E-state index in [2.05, 4.69) is 4.52 Å². The first-order valence-electron chi connectivity index (χ1n) is 6.51. The van der Waals surface area contributed by atoms with E-state index in [4.69, 9.17) is 14.5 Å². The van der Waals surface area contributed by atoms with Gasteiger partial charge in [-0.05, 0) is 13.8 Å². The second kappa shape index (κ2) is 7.23. The average molecular weight is 362 g/mol. The third kappa shape index (κ3) is 4.65. The summed E-state index contributed by atoms with van der Waals surface area (Å²) >= 11 is 0. The molecule has 0 unspecified atom stereocenters. The summed E-state index contributed by atoms with van der Waals surface area (Å²) in [5, 5.41) is 10.0. The maximum Gasteiger partial charge on any atom is 1.00 e. The molecule has 0 amide bonds. The first-order chi connectivity index (χ1) is 10.4. The van der Waals surface area contributed by atoms with Gasteiger partial charge in [-0.2, -0.15) is 4.39 Å². The number of nitrogens with zero attached hydrogens (tertiary/aromatic N) is 1. The van der Waals surface area contributed by atoms with Crippen molar-refractivity contribution in [2.75, 3.05) is 0 Å². The Hall–Kier alpha value is -0.763. The summed E-state index contributed by atoms with van der Waals surface area (Å²) in [5.74, 6) is -1.21. The zero-order valence-corrected chi connectivity index (χ0v) is 14.1. The van der Waals surface area contributed by atoms with Gasteiger partial charge in [-0.25, -0.2) is 9.36 Å². The zero-order chi connectivity index (χ0) is 17.6. The topological polar surface area (TPSA) is 151 Å². The molecule has 1 aromatic heterocycles. The van der Waals surface area contributed by atoms with Crippen molar-refractivity contribution < 1.29 is 53.4 Å². The van der Waals surface area contributed by atoms with Crippen LogP contribution >= 0.6 is 7.82 Å². The van der Waals surface area contributed by atoms with Crippen LogP contribution in [0.1, 0.15) is 27.9 Å². The first kappa shape index (κ1) is 21.3. The predicted molar refractivity (Wildman–Crippen MR) is 74.1 cm³/mol. The molecule has 132 valence electrons. The minimum atomic E-state index is -4.85. The second-order valence-corrected chi connectivity index (χ2v) is 6.81. The van der Waals surface area contributed by atoms with Gasteiger partial charge in [-0.15, -0.1) is 0 Å². The van der Waals surface area contributed by atoms with E-state index in [-0.39, 0.29) is 26.7 Å². The number of aliphatic hydroxyl groups excluding tert-OH is 1. The molecule has 0 spiro atoms. The fourth-order valence-electron chi connectivity index (χ4n) is 2.49. The molecule has 1 aliphatic heterocycles. The molecule has 24 heavy (non-hydrogen) atoms. The van der Waals surface area contributed by atoms with Crippen LogP contribution in [0.5, 0.6) is 0 Å². The summed E-state index contributed by atoms with van der Waals surface area (Å²) < 4.78 is 35.0. The smallest absolute Gasteiger partial charge is 1.00 e. The van der Waals surface area contributed by atoms with Crippen molar-refractivity contribution in [1.82, 2.24) is 9.55 Å². The van der Waals surface area contributed by atoms with Crippen LogP contribution in [0.3, 0.4) is 0 Å². The number of aromatic nitrogens is 2. The third-order valence-electron chi connectivity index (χ3n) is 3.37. The van der Waals surface area contributed by atoms with Gasteiger partial charge < -0.3 is 21.1 Å². The minimum Gasteiger partial charge on any atom is -1.00 e. The van der Waals surface area contributed by atoms with E-state index in [1.807, 2.05) is 0 Å². The number of phosphoric ester groups is 1. The maximum atomic E-state index is 13.3. The van der Waals surface area contributed by atoms with Crippen molar-refractivity contribution in [3.63, 3.8) is 0 Å². The Morgan fingerprint density at radius 1 is 1.50 bits per heavy atom. The molecule has 0 radical (unpaired) electrons. The van der Waals surface area contributed by atoms with E-state index in [0.29, 0.717) is 6.20 Å². The second-order valence-electron chi connectivity index (χ2n) is 5.64. The third-order valence-corrected chi connectivity index (χ3v) is 4.08. The van der Waals surface area contributed by atoms with Crippen molar-refractivity contribution in [3.8, 4) is 0 Å². The number of halogens is 1. The molecule has 4 N–H and O–H groups in total. The molecule has 0 aromatic carbocycles. The standard InChI is InChI=1S/C11H16FN2O8P.Li.H/c1-11(2,22-23(18,19)20)8-6(15)3-7(21-8)14-4-5(12)9(16)13-10(14)17;;/h4,6-8,15H,3H2,1-2H3,(H,13,16,17)(H2,18,19,20);;/q;+1;-1/t6-,7+,8-;;/m0../s1. The Morgan fingerprint density at radius 2 is 2.08 bits per heavy atom. The molecule has 13 heteroatoms. The molecule has 0 saturated carbocycles. The molecule has 0 aliphatic carbocycles. The van der Waals surface area contributed by atoms with Crippen molar-refractivity contribution in [2.24, 2.45) is 0 Å². The number of hydrogen-bond acceptors (Lipinski definition) is 6. The summed E-state index contributed by atoms with van der Waals surface area (Å²) in [6.45, 7) is 2.58. The number of nitrogens with one attached hydrogen (secondary N) is 1. The Kier molecular flexibility index (Phi) is 6.41. The van der Waals surface area contributed by atoms with Crippen molar-refractivity contribution in [3.05, 3.63) is 32.9 Å². The maximum absolute atomic E-state index is 13.3. The summed E-state index contributed by atoms with van der Waals surface area (Å²) in [7, 11) is -4.85. The fraction of sp³-hybridized carbons (Fsp3) is 0.636. The number of H-pyrrole nitrogens is 1. The van der Waals surface area contributed by atoms with Crippen LogP contribution in [0.15, 0.2) is 15.8 Å². The van der Waals surface area contributed by atoms with E-state index in [1.54, 1.807) is 4.98 Å². The molecular formula is C11H17FLiN2O8P. The van der Waals surface area contributed by atoms with Crippen LogP contribution in [-0.4, -0.2) is 42.3 Å². The van der Waals surface area contributed by atoms with E-state index < -0.39 is 48.9 Å². The predicted octanol–water partition coefficient (Wildman–Crippen LogP) is -3.67. The normalized spacial score (nSPS) is 24.7. The summed E-state index contributed by atoms with van der Waals surface area (Å²) in [6.07, 6.45) is -3.08. The molecule has 0 bridgehead atoms. The van der Waals surface area contributed by atoms with Crippen LogP contribution in [0.25, 0.3) is 0 Å². The largest absolute Gasteiger partial charge is 1.00 e. The van der Waals surface area contributed by atoms with Gasteiger partial charge in [0.05, 0.1) is 12.3 Å². The van der Waals surface area contributed by atoms with Crippen LogP contribution in [0.4, 0.5) is 4.39 Å². The van der Waals surface area contributed by atoms with Crippen LogP contribution < -0.4 is 30.1 Å². The number of hydrogen-bond donors (Lipinski definition) is 4. The molecule has 1 fully saturated rings. The molecule has 2 heterocycles. The van der Waals surface area contributed by atoms with Crippen LogP contribution in [0, 0.1) is 5.82 Å². The van der Waals surface area contributed by atoms with Crippen LogP contribution in [0.2, 0.25) is 0 Å². The van der Waals surface area contributed by atoms with Crippen molar-refractivity contribution in [2.45, 2.75) is 44.3 Å². The van der Waals surface area contributed by atoms with Gasteiger partial charge in [-0.3, -0.25) is 18.9 Å². The van der Waals surface area contributed by atoms with Crippen LogP contribution in [-0.2, 0) is 13.8 Å². The summed E-state index contributed by atoms with van der Waals surface area (Å²) in [5.41, 5.74) is -3.72. The number of aliphatic hydroxyl groups is 1. The van der Waals surface area contributed by atoms with Gasteiger partial charge in [-0.1, -0.05) is 0 Å². The van der Waals surface area contributed by atoms with Gasteiger partial charge in [0.2, 0.25) is 5.82 Å². The quantitative estimate of drug-likeness (QED) is 0.316. The van der Waals surface area contributed by atoms with Gasteiger partial charge in [0.15, 0.2) is 0 Å². The SMILES string of the molecule is CC(C)(OP(=O)(O)O)[C@H]1O[C@@H](n2cc(F)c(=O)[nH]c2=O)C[C@@H]1O.[H-].[Li+]. The molecular weight excluding hydrogens is 345 g/mol. The van der Waals surface area contributed by atoms with Gasteiger partial charge in [0, 0.05) is 6.42 Å². The number of phosphoric acid groups is 1. The number of aromatic amines is 1. The van der Waals surface area contributed by atoms with Gasteiger partial charge in [0.1, 0.15) is 17.9 Å². The zero-order valence-electron chi connectivity index (χ0n) is 14.2. The molecule has 1 aliphatic rings. The first-order valence-corrected chi connectivity index (χ1v) is 8.04. The Labute approximate surface area is 148 Å². The Balaban J connectivity index is 0.00000288. The van der Waals surface area contributed by atoms with E-state index in [9.17, 15) is 23.7 Å². The molecule has 3 atom stereocenters. The fourth-order valence-corrected chi connectivity index (χ4v) is 3.20. The number of ether oxygens (including phenoxy) is 1. The summed E-state index contributed by atoms with van der Waals surface area (Å²) in [4.78, 5) is 42.3. The van der Waals surface area contributed by atoms with E-state index in [0.717, 1.165) is 4.57 Å². The van der Waals surface area contributed by atoms with Crippen molar-refractivity contribution in [1.29, 1.82) is 0 Å². The molecule has 1 saturated heterocycles. The average Bonchev–Trinajstić information content (AvgIpc) is 2.73.